The van der Waals surface area contributed by atoms with Gasteiger partial charge in [0, 0.05) is 12.0 Å². The summed E-state index contributed by atoms with van der Waals surface area (Å²) in [5.41, 5.74) is 9.30. The van der Waals surface area contributed by atoms with Crippen molar-refractivity contribution in [3.05, 3.63) is 36.6 Å². The average Bonchev–Trinajstić information content (AvgIpc) is 3.05. The van der Waals surface area contributed by atoms with Crippen LogP contribution in [0.5, 0.6) is 0 Å². The Labute approximate surface area is 110 Å². The number of benzene rings is 1. The summed E-state index contributed by atoms with van der Waals surface area (Å²) in [5, 5.41) is 0. The molecule has 3 N–H and O–H groups in total. The molecule has 0 radical (unpaired) electrons. The first-order valence-electron chi connectivity index (χ1n) is 6.34. The number of hydrogen-bond donors (Lipinski definition) is 2. The molecule has 19 heavy (non-hydrogen) atoms. The van der Waals surface area contributed by atoms with E-state index in [4.69, 9.17) is 10.2 Å². The van der Waals surface area contributed by atoms with Crippen LogP contribution in [0.3, 0.4) is 0 Å². The predicted molar refractivity (Wildman–Crippen MR) is 73.5 cm³/mol. The Bertz CT molecular complexity index is 685. The lowest BCUT2D eigenvalue weighted by Gasteiger charge is -2.04. The second kappa shape index (κ2) is 4.85. The van der Waals surface area contributed by atoms with Crippen molar-refractivity contribution in [2.45, 2.75) is 13.3 Å². The third-order valence-corrected chi connectivity index (χ3v) is 3.21. The summed E-state index contributed by atoms with van der Waals surface area (Å²) in [4.78, 5) is 11.8. The summed E-state index contributed by atoms with van der Waals surface area (Å²) in [6.45, 7) is 2.78. The van der Waals surface area contributed by atoms with Crippen LogP contribution < -0.4 is 5.73 Å². The molecule has 0 saturated carbocycles. The highest BCUT2D eigenvalue weighted by Crippen LogP contribution is 2.22. The Kier molecular flexibility index (Phi) is 3.05. The lowest BCUT2D eigenvalue weighted by molar-refractivity contribution is 0.577. The molecule has 0 spiro atoms. The van der Waals surface area contributed by atoms with Crippen LogP contribution in [0, 0.1) is 5.92 Å². The van der Waals surface area contributed by atoms with Crippen molar-refractivity contribution in [3.8, 4) is 11.3 Å². The van der Waals surface area contributed by atoms with Crippen LogP contribution in [-0.4, -0.2) is 21.5 Å². The van der Waals surface area contributed by atoms with Crippen molar-refractivity contribution in [2.24, 2.45) is 11.7 Å². The minimum Gasteiger partial charge on any atom is -0.443 e. The van der Waals surface area contributed by atoms with E-state index < -0.39 is 0 Å². The van der Waals surface area contributed by atoms with Crippen molar-refractivity contribution < 1.29 is 4.42 Å². The minimum absolute atomic E-state index is 0.427. The van der Waals surface area contributed by atoms with Gasteiger partial charge in [-0.05, 0) is 24.6 Å². The number of nitrogens with zero attached hydrogens (tertiary/aromatic N) is 2. The van der Waals surface area contributed by atoms with Gasteiger partial charge in [-0.25, -0.2) is 9.97 Å². The maximum Gasteiger partial charge on any atom is 0.181 e. The van der Waals surface area contributed by atoms with Gasteiger partial charge in [0.25, 0.3) is 0 Å². The van der Waals surface area contributed by atoms with E-state index in [2.05, 4.69) is 21.9 Å². The maximum atomic E-state index is 5.63. The Morgan fingerprint density at radius 3 is 3.11 bits per heavy atom. The van der Waals surface area contributed by atoms with Gasteiger partial charge in [-0.3, -0.25) is 0 Å². The number of nitrogens with two attached hydrogens (primary N) is 1. The molecule has 5 heteroatoms. The number of hydrogen-bond acceptors (Lipinski definition) is 4. The fourth-order valence-electron chi connectivity index (χ4n) is 2.05. The Morgan fingerprint density at radius 2 is 2.26 bits per heavy atom. The van der Waals surface area contributed by atoms with E-state index in [1.54, 1.807) is 0 Å². The SMILES string of the molecule is CC(CN)Cc1ncc(-c2ccc3ncoc3c2)[nH]1. The molecule has 5 nitrogen and oxygen atoms in total. The van der Waals surface area contributed by atoms with Gasteiger partial charge in [-0.1, -0.05) is 13.0 Å². The van der Waals surface area contributed by atoms with Crippen molar-refractivity contribution in [2.75, 3.05) is 6.54 Å². The standard InChI is InChI=1S/C14H16N4O/c1-9(6-15)4-14-16-7-12(18-14)10-2-3-11-13(5-10)19-8-17-11/h2-3,5,7-9H,4,6,15H2,1H3,(H,16,18). The highest BCUT2D eigenvalue weighted by Gasteiger charge is 2.08. The first kappa shape index (κ1) is 11.9. The minimum atomic E-state index is 0.427. The van der Waals surface area contributed by atoms with Gasteiger partial charge in [0.05, 0.1) is 11.9 Å². The second-order valence-corrected chi connectivity index (χ2v) is 4.82. The molecule has 3 rings (SSSR count). The predicted octanol–water partition coefficient (Wildman–Crippen LogP) is 2.36. The molecule has 1 unspecified atom stereocenters. The van der Waals surface area contributed by atoms with E-state index in [1.807, 2.05) is 24.4 Å². The Hall–Kier alpha value is -2.14. The zero-order valence-corrected chi connectivity index (χ0v) is 10.8. The molecule has 0 saturated heterocycles. The van der Waals surface area contributed by atoms with Gasteiger partial charge >= 0.3 is 0 Å². The molecular weight excluding hydrogens is 240 g/mol. The lowest BCUT2D eigenvalue weighted by atomic mass is 10.1. The smallest absolute Gasteiger partial charge is 0.181 e. The fraction of sp³-hybridized carbons (Fsp3) is 0.286. The van der Waals surface area contributed by atoms with Gasteiger partial charge in [0.2, 0.25) is 0 Å². The van der Waals surface area contributed by atoms with E-state index >= 15 is 0 Å². The summed E-state index contributed by atoms with van der Waals surface area (Å²) >= 11 is 0. The molecule has 0 aliphatic heterocycles. The second-order valence-electron chi connectivity index (χ2n) is 4.82. The molecular formula is C14H16N4O. The number of oxazole rings is 1. The Balaban J connectivity index is 1.89. The molecule has 2 aromatic heterocycles. The van der Waals surface area contributed by atoms with Crippen LogP contribution in [0.25, 0.3) is 22.4 Å². The summed E-state index contributed by atoms with van der Waals surface area (Å²) in [7, 11) is 0. The Morgan fingerprint density at radius 1 is 1.37 bits per heavy atom. The number of rotatable bonds is 4. The van der Waals surface area contributed by atoms with Crippen LogP contribution in [0.4, 0.5) is 0 Å². The molecule has 1 atom stereocenters. The van der Waals surface area contributed by atoms with E-state index in [0.29, 0.717) is 12.5 Å². The monoisotopic (exact) mass is 256 g/mol. The van der Waals surface area contributed by atoms with E-state index in [0.717, 1.165) is 34.6 Å². The number of aromatic amines is 1. The number of H-pyrrole nitrogens is 1. The molecule has 0 aliphatic carbocycles. The van der Waals surface area contributed by atoms with Gasteiger partial charge < -0.3 is 15.1 Å². The summed E-state index contributed by atoms with van der Waals surface area (Å²) < 4.78 is 5.31. The van der Waals surface area contributed by atoms with Gasteiger partial charge in [0.1, 0.15) is 11.3 Å². The summed E-state index contributed by atoms with van der Waals surface area (Å²) in [6.07, 6.45) is 4.16. The molecule has 0 aliphatic rings. The van der Waals surface area contributed by atoms with Crippen molar-refractivity contribution >= 4 is 11.1 Å². The number of nitrogens with one attached hydrogen (secondary N) is 1. The van der Waals surface area contributed by atoms with Crippen molar-refractivity contribution in [3.63, 3.8) is 0 Å². The molecule has 3 aromatic rings. The van der Waals surface area contributed by atoms with E-state index in [1.165, 1.54) is 6.39 Å². The first-order valence-corrected chi connectivity index (χ1v) is 6.34. The van der Waals surface area contributed by atoms with Crippen LogP contribution in [0.1, 0.15) is 12.7 Å². The number of imidazole rings is 1. The molecule has 98 valence electrons. The highest BCUT2D eigenvalue weighted by molar-refractivity contribution is 5.78. The molecule has 0 fully saturated rings. The van der Waals surface area contributed by atoms with Gasteiger partial charge in [-0.2, -0.15) is 0 Å². The third kappa shape index (κ3) is 2.37. The van der Waals surface area contributed by atoms with Crippen LogP contribution >= 0.6 is 0 Å². The zero-order valence-electron chi connectivity index (χ0n) is 10.8. The number of fused-ring (bicyclic) bond motifs is 1. The molecule has 0 amide bonds. The maximum absolute atomic E-state index is 5.63. The molecule has 1 aromatic carbocycles. The molecule has 0 bridgehead atoms. The van der Waals surface area contributed by atoms with Crippen LogP contribution in [-0.2, 0) is 6.42 Å². The molecule has 2 heterocycles. The topological polar surface area (TPSA) is 80.7 Å². The van der Waals surface area contributed by atoms with Gasteiger partial charge in [0.15, 0.2) is 12.0 Å². The third-order valence-electron chi connectivity index (χ3n) is 3.21. The van der Waals surface area contributed by atoms with Crippen molar-refractivity contribution in [1.29, 1.82) is 0 Å². The quantitative estimate of drug-likeness (QED) is 0.750. The normalized spacial score (nSPS) is 12.9. The van der Waals surface area contributed by atoms with Gasteiger partial charge in [-0.15, -0.1) is 0 Å². The average molecular weight is 256 g/mol. The zero-order chi connectivity index (χ0) is 13.2. The summed E-state index contributed by atoms with van der Waals surface area (Å²) in [5.74, 6) is 1.39. The number of aromatic nitrogens is 3. The van der Waals surface area contributed by atoms with Crippen molar-refractivity contribution in [1.82, 2.24) is 15.0 Å². The lowest BCUT2D eigenvalue weighted by Crippen LogP contribution is -2.13. The largest absolute Gasteiger partial charge is 0.443 e. The highest BCUT2D eigenvalue weighted by atomic mass is 16.3. The van der Waals surface area contributed by atoms with E-state index in [9.17, 15) is 0 Å². The fourth-order valence-corrected chi connectivity index (χ4v) is 2.05. The summed E-state index contributed by atoms with van der Waals surface area (Å²) in [6, 6.07) is 5.91. The van der Waals surface area contributed by atoms with Crippen LogP contribution in [0.2, 0.25) is 0 Å². The van der Waals surface area contributed by atoms with E-state index in [-0.39, 0.29) is 0 Å². The van der Waals surface area contributed by atoms with Crippen LogP contribution in [0.15, 0.2) is 35.2 Å². The first-order chi connectivity index (χ1) is 9.26.